The van der Waals surface area contributed by atoms with Gasteiger partial charge in [0.15, 0.2) is 5.78 Å². The maximum absolute atomic E-state index is 11.4. The van der Waals surface area contributed by atoms with Crippen LogP contribution in [-0.4, -0.2) is 5.78 Å². The summed E-state index contributed by atoms with van der Waals surface area (Å²) in [6, 6.07) is 0. The quantitative estimate of drug-likeness (QED) is 0.577. The largest absolute Gasteiger partial charge is 0.294 e. The molecule has 0 aromatic heterocycles. The van der Waals surface area contributed by atoms with E-state index in [1.807, 2.05) is 32.9 Å². The number of hydrogen-bond acceptors (Lipinski definition) is 1. The van der Waals surface area contributed by atoms with E-state index in [4.69, 9.17) is 0 Å². The molecule has 1 rings (SSSR count). The second-order valence-corrected chi connectivity index (χ2v) is 2.91. The van der Waals surface area contributed by atoms with E-state index in [1.165, 1.54) is 5.57 Å². The van der Waals surface area contributed by atoms with Gasteiger partial charge < -0.3 is 0 Å². The zero-order valence-corrected chi connectivity index (χ0v) is 9.47. The predicted octanol–water partition coefficient (Wildman–Crippen LogP) is 3.82. The van der Waals surface area contributed by atoms with Gasteiger partial charge in [0.1, 0.15) is 0 Å². The Bertz CT molecular complexity index is 256. The number of rotatable bonds is 1. The topological polar surface area (TPSA) is 17.1 Å². The summed E-state index contributed by atoms with van der Waals surface area (Å²) in [5, 5.41) is 0. The van der Waals surface area contributed by atoms with Crippen LogP contribution in [0.2, 0.25) is 0 Å². The number of hydrogen-bond donors (Lipinski definition) is 0. The molecular formula is C13H20O. The van der Waals surface area contributed by atoms with E-state index in [0.29, 0.717) is 6.42 Å². The fourth-order valence-corrected chi connectivity index (χ4v) is 1.51. The molecule has 14 heavy (non-hydrogen) atoms. The molecule has 0 unspecified atom stereocenters. The van der Waals surface area contributed by atoms with Crippen LogP contribution in [-0.2, 0) is 4.79 Å². The number of ketones is 1. The van der Waals surface area contributed by atoms with Crippen LogP contribution >= 0.6 is 0 Å². The van der Waals surface area contributed by atoms with Crippen molar-refractivity contribution in [2.24, 2.45) is 0 Å². The second-order valence-electron chi connectivity index (χ2n) is 2.91. The van der Waals surface area contributed by atoms with Gasteiger partial charge in [-0.3, -0.25) is 4.79 Å². The molecule has 0 atom stereocenters. The lowest BCUT2D eigenvalue weighted by Crippen LogP contribution is -2.10. The van der Waals surface area contributed by atoms with E-state index in [-0.39, 0.29) is 5.78 Å². The molecule has 0 spiro atoms. The van der Waals surface area contributed by atoms with Crippen molar-refractivity contribution in [3.8, 4) is 0 Å². The molecule has 1 aliphatic rings. The fraction of sp³-hybridized carbons (Fsp3) is 0.462. The first-order valence-electron chi connectivity index (χ1n) is 5.31. The lowest BCUT2D eigenvalue weighted by molar-refractivity contribution is -0.115. The number of Topliss-reactive ketones (excluding diaryl/α,β-unsaturated/α-hetero) is 1. The maximum Gasteiger partial charge on any atom is 0.163 e. The fourth-order valence-electron chi connectivity index (χ4n) is 1.51. The molecule has 1 fully saturated rings. The molecule has 0 saturated heterocycles. The Kier molecular flexibility index (Phi) is 6.73. The van der Waals surface area contributed by atoms with E-state index in [0.717, 1.165) is 18.4 Å². The number of carbonyl (C=O) groups is 1. The monoisotopic (exact) mass is 192 g/mol. The van der Waals surface area contributed by atoms with Gasteiger partial charge in [0.25, 0.3) is 0 Å². The molecule has 0 heterocycles. The molecule has 1 nitrogen and oxygen atoms in total. The highest BCUT2D eigenvalue weighted by Gasteiger charge is 2.17. The average Bonchev–Trinajstić information content (AvgIpc) is 2.24. The van der Waals surface area contributed by atoms with Crippen LogP contribution in [0.4, 0.5) is 0 Å². The van der Waals surface area contributed by atoms with E-state index in [1.54, 1.807) is 6.08 Å². The molecule has 0 N–H and O–H groups in total. The van der Waals surface area contributed by atoms with E-state index in [9.17, 15) is 4.79 Å². The number of allylic oxidation sites excluding steroid dienone is 5. The molecule has 1 saturated carbocycles. The Morgan fingerprint density at radius 2 is 1.93 bits per heavy atom. The standard InChI is InChI=1S/C11H14O.C2H6/c1-3-6-10-9(4-2)7-5-8-11(10)12;1-2/h3-4,6H,1,5,7-8H2,2H3;1-2H3/b9-4-,10-6+;. The van der Waals surface area contributed by atoms with Crippen LogP contribution in [0.15, 0.2) is 36.0 Å². The highest BCUT2D eigenvalue weighted by molar-refractivity contribution is 6.00. The van der Waals surface area contributed by atoms with Crippen molar-refractivity contribution in [1.82, 2.24) is 0 Å². The molecule has 0 amide bonds. The Labute approximate surface area is 87.2 Å². The molecule has 1 heteroatoms. The van der Waals surface area contributed by atoms with Gasteiger partial charge in [-0.2, -0.15) is 0 Å². The van der Waals surface area contributed by atoms with Crippen LogP contribution in [0.1, 0.15) is 40.0 Å². The molecule has 0 aromatic carbocycles. The van der Waals surface area contributed by atoms with Crippen molar-refractivity contribution >= 4 is 5.78 Å². The van der Waals surface area contributed by atoms with Crippen LogP contribution in [0.5, 0.6) is 0 Å². The van der Waals surface area contributed by atoms with Gasteiger partial charge in [0.05, 0.1) is 0 Å². The van der Waals surface area contributed by atoms with E-state index < -0.39 is 0 Å². The van der Waals surface area contributed by atoms with Crippen LogP contribution in [0.3, 0.4) is 0 Å². The first-order chi connectivity index (χ1) is 6.79. The predicted molar refractivity (Wildman–Crippen MR) is 62.2 cm³/mol. The van der Waals surface area contributed by atoms with Crippen molar-refractivity contribution in [3.63, 3.8) is 0 Å². The molecule has 0 aliphatic heterocycles. The van der Waals surface area contributed by atoms with Crippen molar-refractivity contribution in [2.75, 3.05) is 0 Å². The van der Waals surface area contributed by atoms with Crippen molar-refractivity contribution in [2.45, 2.75) is 40.0 Å². The summed E-state index contributed by atoms with van der Waals surface area (Å²) in [5.41, 5.74) is 2.03. The zero-order valence-electron chi connectivity index (χ0n) is 9.47. The van der Waals surface area contributed by atoms with Gasteiger partial charge >= 0.3 is 0 Å². The normalized spacial score (nSPS) is 21.8. The number of carbonyl (C=O) groups excluding carboxylic acids is 1. The molecule has 0 radical (unpaired) electrons. The Hall–Kier alpha value is -1.11. The van der Waals surface area contributed by atoms with Gasteiger partial charge in [0, 0.05) is 12.0 Å². The molecule has 78 valence electrons. The third-order valence-corrected chi connectivity index (χ3v) is 2.13. The molecule has 1 aliphatic carbocycles. The Balaban J connectivity index is 0.000000791. The van der Waals surface area contributed by atoms with Gasteiger partial charge in [-0.15, -0.1) is 0 Å². The first-order valence-corrected chi connectivity index (χ1v) is 5.31. The minimum Gasteiger partial charge on any atom is -0.294 e. The van der Waals surface area contributed by atoms with Crippen LogP contribution in [0.25, 0.3) is 0 Å². The van der Waals surface area contributed by atoms with Crippen molar-refractivity contribution in [3.05, 3.63) is 36.0 Å². The summed E-state index contributed by atoms with van der Waals surface area (Å²) in [5.74, 6) is 0.259. The highest BCUT2D eigenvalue weighted by Crippen LogP contribution is 2.25. The minimum absolute atomic E-state index is 0.259. The third kappa shape index (κ3) is 3.33. The highest BCUT2D eigenvalue weighted by atomic mass is 16.1. The van der Waals surface area contributed by atoms with Crippen molar-refractivity contribution < 1.29 is 4.79 Å². The van der Waals surface area contributed by atoms with Gasteiger partial charge in [0.2, 0.25) is 0 Å². The van der Waals surface area contributed by atoms with Crippen LogP contribution < -0.4 is 0 Å². The molecule has 0 aromatic rings. The Morgan fingerprint density at radius 3 is 2.43 bits per heavy atom. The smallest absolute Gasteiger partial charge is 0.163 e. The van der Waals surface area contributed by atoms with Gasteiger partial charge in [-0.05, 0) is 25.3 Å². The summed E-state index contributed by atoms with van der Waals surface area (Å²) in [6.07, 6.45) is 8.23. The van der Waals surface area contributed by atoms with E-state index >= 15 is 0 Å². The summed E-state index contributed by atoms with van der Waals surface area (Å²) in [7, 11) is 0. The lowest BCUT2D eigenvalue weighted by Gasteiger charge is -2.15. The Morgan fingerprint density at radius 1 is 1.29 bits per heavy atom. The third-order valence-electron chi connectivity index (χ3n) is 2.13. The summed E-state index contributed by atoms with van der Waals surface area (Å²) in [6.45, 7) is 9.58. The average molecular weight is 192 g/mol. The second kappa shape index (κ2) is 7.31. The van der Waals surface area contributed by atoms with Crippen LogP contribution in [0, 0.1) is 0 Å². The van der Waals surface area contributed by atoms with Gasteiger partial charge in [-0.25, -0.2) is 0 Å². The lowest BCUT2D eigenvalue weighted by atomic mass is 9.88. The molecular weight excluding hydrogens is 172 g/mol. The summed E-state index contributed by atoms with van der Waals surface area (Å²) >= 11 is 0. The summed E-state index contributed by atoms with van der Waals surface area (Å²) in [4.78, 5) is 11.4. The molecule has 0 bridgehead atoms. The zero-order chi connectivity index (χ0) is 11.0. The minimum atomic E-state index is 0.259. The van der Waals surface area contributed by atoms with Crippen molar-refractivity contribution in [1.29, 1.82) is 0 Å². The summed E-state index contributed by atoms with van der Waals surface area (Å²) < 4.78 is 0. The van der Waals surface area contributed by atoms with E-state index in [2.05, 4.69) is 6.58 Å². The van der Waals surface area contributed by atoms with Gasteiger partial charge in [-0.1, -0.05) is 38.7 Å². The SMILES string of the molecule is C=C/C=C1/C(=O)CCC/C1=C/C.CC. The maximum atomic E-state index is 11.4. The first kappa shape index (κ1) is 12.9.